The number of anilines is 1. The molecule has 0 fully saturated rings. The van der Waals surface area contributed by atoms with E-state index in [0.29, 0.717) is 0 Å². The lowest BCUT2D eigenvalue weighted by molar-refractivity contribution is 1.14. The van der Waals surface area contributed by atoms with Crippen molar-refractivity contribution in [3.05, 3.63) is 128 Å². The summed E-state index contributed by atoms with van der Waals surface area (Å²) in [5, 5.41) is 0. The summed E-state index contributed by atoms with van der Waals surface area (Å²) in [6, 6.07) is 18.8. The van der Waals surface area contributed by atoms with Gasteiger partial charge in [-0.15, -0.1) is 0 Å². The molecule has 2 aromatic carbocycles. The van der Waals surface area contributed by atoms with Crippen molar-refractivity contribution in [2.24, 2.45) is 0 Å². The van der Waals surface area contributed by atoms with Gasteiger partial charge in [-0.1, -0.05) is 93.1 Å². The molecule has 1 heteroatoms. The predicted molar refractivity (Wildman–Crippen MR) is 116 cm³/mol. The predicted octanol–water partition coefficient (Wildman–Crippen LogP) is 6.71. The quantitative estimate of drug-likeness (QED) is 0.483. The molecule has 26 heavy (non-hydrogen) atoms. The largest absolute Gasteiger partial charge is 0.345 e. The van der Waals surface area contributed by atoms with Crippen LogP contribution in [0.5, 0.6) is 0 Å². The molecule has 0 N–H and O–H groups in total. The average molecular weight is 339 g/mol. The average Bonchev–Trinajstić information content (AvgIpc) is 2.70. The molecule has 0 unspecified atom stereocenters. The lowest BCUT2D eigenvalue weighted by Crippen LogP contribution is -2.13. The van der Waals surface area contributed by atoms with Gasteiger partial charge in [0.05, 0.1) is 0 Å². The van der Waals surface area contributed by atoms with E-state index in [1.807, 2.05) is 49.6 Å². The number of hydrogen-bond acceptors (Lipinski definition) is 1. The first-order valence-corrected chi connectivity index (χ1v) is 8.46. The topological polar surface area (TPSA) is 3.24 Å². The number of rotatable bonds is 8. The third kappa shape index (κ3) is 5.09. The lowest BCUT2D eigenvalue weighted by atomic mass is 10.0. The van der Waals surface area contributed by atoms with Crippen LogP contribution in [0.25, 0.3) is 11.1 Å². The number of allylic oxidation sites excluding steroid dienone is 7. The van der Waals surface area contributed by atoms with Crippen LogP contribution in [0.4, 0.5) is 5.69 Å². The van der Waals surface area contributed by atoms with E-state index in [9.17, 15) is 0 Å². The maximum Gasteiger partial charge on any atom is 0.0414 e. The monoisotopic (exact) mass is 339 g/mol. The van der Waals surface area contributed by atoms with Crippen molar-refractivity contribution < 1.29 is 0 Å². The molecule has 0 spiro atoms. The van der Waals surface area contributed by atoms with Gasteiger partial charge in [0, 0.05) is 18.4 Å². The molecule has 130 valence electrons. The summed E-state index contributed by atoms with van der Waals surface area (Å²) >= 11 is 0. The summed E-state index contributed by atoms with van der Waals surface area (Å²) in [5.74, 6) is 0. The van der Waals surface area contributed by atoms with Crippen LogP contribution in [0, 0.1) is 0 Å². The molecule has 0 radical (unpaired) electrons. The van der Waals surface area contributed by atoms with Crippen LogP contribution >= 0.6 is 0 Å². The molecule has 0 saturated heterocycles. The minimum atomic E-state index is 0.843. The molecule has 0 aliphatic heterocycles. The van der Waals surface area contributed by atoms with Crippen molar-refractivity contribution in [2.45, 2.75) is 0 Å². The van der Waals surface area contributed by atoms with E-state index < -0.39 is 0 Å². The van der Waals surface area contributed by atoms with Crippen molar-refractivity contribution >= 4 is 5.69 Å². The minimum Gasteiger partial charge on any atom is -0.345 e. The normalized spacial score (nSPS) is 10.8. The van der Waals surface area contributed by atoms with E-state index in [2.05, 4.69) is 67.6 Å². The fourth-order valence-corrected chi connectivity index (χ4v) is 2.40. The summed E-state index contributed by atoms with van der Waals surface area (Å²) in [4.78, 5) is 2.05. The summed E-state index contributed by atoms with van der Waals surface area (Å²) in [6.45, 7) is 15.8. The van der Waals surface area contributed by atoms with Crippen LogP contribution in [-0.2, 0) is 0 Å². The maximum absolute atomic E-state index is 4.16. The van der Waals surface area contributed by atoms with E-state index in [4.69, 9.17) is 0 Å². The highest BCUT2D eigenvalue weighted by Gasteiger charge is 2.05. The first-order chi connectivity index (χ1) is 12.5. The Bertz CT molecular complexity index is 866. The SMILES string of the molecule is C=C/C=C\C(=C)C(=C)/C=C\C(=C)N(C)c1cccc(-c2ccccc2)c1. The molecule has 0 aromatic heterocycles. The Morgan fingerprint density at radius 1 is 0.808 bits per heavy atom. The van der Waals surface area contributed by atoms with Gasteiger partial charge >= 0.3 is 0 Å². The zero-order valence-corrected chi connectivity index (χ0v) is 15.4. The molecule has 1 nitrogen and oxygen atoms in total. The van der Waals surface area contributed by atoms with Crippen molar-refractivity contribution in [1.82, 2.24) is 0 Å². The number of nitrogens with zero attached hydrogens (tertiary/aromatic N) is 1. The molecule has 0 heterocycles. The van der Waals surface area contributed by atoms with Gasteiger partial charge < -0.3 is 4.90 Å². The molecule has 0 amide bonds. The molecule has 0 atom stereocenters. The molecular weight excluding hydrogens is 314 g/mol. The minimum absolute atomic E-state index is 0.843. The molecule has 2 rings (SSSR count). The summed E-state index contributed by atoms with van der Waals surface area (Å²) in [7, 11) is 2.01. The van der Waals surface area contributed by atoms with E-state index >= 15 is 0 Å². The Balaban J connectivity index is 2.12. The van der Waals surface area contributed by atoms with Crippen LogP contribution in [0.2, 0.25) is 0 Å². The van der Waals surface area contributed by atoms with Gasteiger partial charge in [0.2, 0.25) is 0 Å². The second kappa shape index (κ2) is 9.24. The number of benzene rings is 2. The highest BCUT2D eigenvalue weighted by atomic mass is 15.1. The van der Waals surface area contributed by atoms with E-state index in [1.54, 1.807) is 6.08 Å². The first kappa shape index (κ1) is 19.0. The molecule has 0 saturated carbocycles. The van der Waals surface area contributed by atoms with Crippen LogP contribution in [0.15, 0.2) is 128 Å². The first-order valence-electron chi connectivity index (χ1n) is 8.46. The molecular formula is C25H25N. The van der Waals surface area contributed by atoms with Gasteiger partial charge in [0.1, 0.15) is 0 Å². The molecule has 0 aliphatic carbocycles. The summed E-state index contributed by atoms with van der Waals surface area (Å²) in [5.41, 5.74) is 6.02. The van der Waals surface area contributed by atoms with Crippen LogP contribution < -0.4 is 4.90 Å². The van der Waals surface area contributed by atoms with Gasteiger partial charge in [-0.25, -0.2) is 0 Å². The highest BCUT2D eigenvalue weighted by Crippen LogP contribution is 2.26. The second-order valence-electron chi connectivity index (χ2n) is 5.95. The van der Waals surface area contributed by atoms with E-state index in [-0.39, 0.29) is 0 Å². The smallest absolute Gasteiger partial charge is 0.0414 e. The lowest BCUT2D eigenvalue weighted by Gasteiger charge is -2.20. The van der Waals surface area contributed by atoms with Crippen LogP contribution in [0.3, 0.4) is 0 Å². The second-order valence-corrected chi connectivity index (χ2v) is 5.95. The van der Waals surface area contributed by atoms with Crippen molar-refractivity contribution in [3.8, 4) is 11.1 Å². The molecule has 2 aromatic rings. The molecule has 0 bridgehead atoms. The Morgan fingerprint density at radius 2 is 1.46 bits per heavy atom. The van der Waals surface area contributed by atoms with Crippen molar-refractivity contribution in [2.75, 3.05) is 11.9 Å². The van der Waals surface area contributed by atoms with E-state index in [1.165, 1.54) is 11.1 Å². The standard InChI is InChI=1S/C25H25N/c1-6-7-12-20(2)21(3)17-18-22(4)26(5)25-16-11-15-24(19-25)23-13-9-8-10-14-23/h6-19H,1-4H2,5H3/b12-7-,18-17-. The Labute approximate surface area is 157 Å². The Hall–Kier alpha value is -3.32. The highest BCUT2D eigenvalue weighted by molar-refractivity contribution is 5.69. The van der Waals surface area contributed by atoms with Gasteiger partial charge in [0.25, 0.3) is 0 Å². The van der Waals surface area contributed by atoms with E-state index in [0.717, 1.165) is 22.5 Å². The van der Waals surface area contributed by atoms with Gasteiger partial charge in [-0.2, -0.15) is 0 Å². The van der Waals surface area contributed by atoms with Gasteiger partial charge in [-0.05, 0) is 40.5 Å². The summed E-state index contributed by atoms with van der Waals surface area (Å²) < 4.78 is 0. The fourth-order valence-electron chi connectivity index (χ4n) is 2.40. The van der Waals surface area contributed by atoms with Crippen LogP contribution in [-0.4, -0.2) is 7.05 Å². The zero-order valence-electron chi connectivity index (χ0n) is 15.4. The fraction of sp³-hybridized carbons (Fsp3) is 0.0400. The third-order valence-electron chi connectivity index (χ3n) is 4.09. The van der Waals surface area contributed by atoms with Crippen molar-refractivity contribution in [1.29, 1.82) is 0 Å². The molecule has 0 aliphatic rings. The Kier molecular flexibility index (Phi) is 6.75. The van der Waals surface area contributed by atoms with Gasteiger partial charge in [-0.3, -0.25) is 0 Å². The van der Waals surface area contributed by atoms with Crippen LogP contribution in [0.1, 0.15) is 0 Å². The van der Waals surface area contributed by atoms with Gasteiger partial charge in [0.15, 0.2) is 0 Å². The number of likely N-dealkylation sites (N-methyl/N-ethyl adjacent to an activating group) is 1. The Morgan fingerprint density at radius 3 is 2.15 bits per heavy atom. The summed E-state index contributed by atoms with van der Waals surface area (Å²) in [6.07, 6.45) is 9.32. The zero-order chi connectivity index (χ0) is 18.9. The maximum atomic E-state index is 4.16. The van der Waals surface area contributed by atoms with Crippen molar-refractivity contribution in [3.63, 3.8) is 0 Å². The number of hydrogen-bond donors (Lipinski definition) is 0. The third-order valence-corrected chi connectivity index (χ3v) is 4.09.